The highest BCUT2D eigenvalue weighted by molar-refractivity contribution is 7.07. The Morgan fingerprint density at radius 1 is 1.45 bits per heavy atom. The van der Waals surface area contributed by atoms with Crippen molar-refractivity contribution in [1.29, 1.82) is 0 Å². The van der Waals surface area contributed by atoms with Crippen LogP contribution in [0.2, 0.25) is 0 Å². The summed E-state index contributed by atoms with van der Waals surface area (Å²) in [7, 11) is 1.84. The van der Waals surface area contributed by atoms with Gasteiger partial charge in [-0.2, -0.15) is 11.3 Å². The molecule has 124 valence electrons. The number of thiophene rings is 1. The molecule has 2 rings (SSSR count). The Balaban J connectivity index is 1.67. The van der Waals surface area contributed by atoms with Gasteiger partial charge < -0.3 is 10.6 Å². The second kappa shape index (κ2) is 9.16. The highest BCUT2D eigenvalue weighted by atomic mass is 32.1. The van der Waals surface area contributed by atoms with Gasteiger partial charge in [-0.05, 0) is 54.6 Å². The number of guanidine groups is 1. The van der Waals surface area contributed by atoms with Gasteiger partial charge in [0.1, 0.15) is 0 Å². The molecule has 5 heteroatoms. The summed E-state index contributed by atoms with van der Waals surface area (Å²) in [5.41, 5.74) is 1.40. The minimum absolute atomic E-state index is 0.506. The van der Waals surface area contributed by atoms with Crippen molar-refractivity contribution in [3.63, 3.8) is 0 Å². The molecule has 2 heterocycles. The van der Waals surface area contributed by atoms with Crippen molar-refractivity contribution in [2.75, 3.05) is 33.2 Å². The third-order valence-electron chi connectivity index (χ3n) is 4.54. The summed E-state index contributed by atoms with van der Waals surface area (Å²) in [6, 6.07) is 2.93. The molecule has 0 saturated carbocycles. The van der Waals surface area contributed by atoms with Gasteiger partial charge in [0.15, 0.2) is 5.96 Å². The summed E-state index contributed by atoms with van der Waals surface area (Å²) in [5, 5.41) is 11.2. The molecule has 0 amide bonds. The number of aliphatic imine (C=N–C) groups is 1. The highest BCUT2D eigenvalue weighted by Crippen LogP contribution is 2.17. The maximum absolute atomic E-state index is 4.32. The van der Waals surface area contributed by atoms with Crippen molar-refractivity contribution in [3.05, 3.63) is 22.4 Å². The van der Waals surface area contributed by atoms with Gasteiger partial charge >= 0.3 is 0 Å². The molecule has 1 aromatic rings. The Labute approximate surface area is 139 Å². The molecule has 1 aliphatic rings. The normalized spacial score (nSPS) is 21.6. The molecule has 2 unspecified atom stereocenters. The monoisotopic (exact) mass is 322 g/mol. The second-order valence-electron chi connectivity index (χ2n) is 6.22. The van der Waals surface area contributed by atoms with Gasteiger partial charge in [0.25, 0.3) is 0 Å². The van der Waals surface area contributed by atoms with Crippen molar-refractivity contribution >= 4 is 17.3 Å². The van der Waals surface area contributed by atoms with Crippen molar-refractivity contribution in [3.8, 4) is 0 Å². The van der Waals surface area contributed by atoms with Gasteiger partial charge in [0.05, 0.1) is 0 Å². The zero-order valence-corrected chi connectivity index (χ0v) is 15.0. The number of rotatable bonds is 6. The van der Waals surface area contributed by atoms with Gasteiger partial charge in [-0.25, -0.2) is 0 Å². The molecule has 0 aromatic carbocycles. The third-order valence-corrected chi connectivity index (χ3v) is 5.25. The van der Waals surface area contributed by atoms with Crippen LogP contribution in [0.5, 0.6) is 0 Å². The fourth-order valence-electron chi connectivity index (χ4n) is 2.95. The topological polar surface area (TPSA) is 39.7 Å². The lowest BCUT2D eigenvalue weighted by atomic mass is 10.0. The van der Waals surface area contributed by atoms with Crippen LogP contribution in [-0.4, -0.2) is 50.1 Å². The number of hydrogen-bond acceptors (Lipinski definition) is 3. The molecule has 2 N–H and O–H groups in total. The molecule has 0 spiro atoms. The van der Waals surface area contributed by atoms with Crippen LogP contribution in [0.1, 0.15) is 44.6 Å². The molecule has 1 aliphatic heterocycles. The smallest absolute Gasteiger partial charge is 0.191 e. The molecule has 22 heavy (non-hydrogen) atoms. The number of piperidine rings is 1. The van der Waals surface area contributed by atoms with E-state index in [9.17, 15) is 0 Å². The van der Waals surface area contributed by atoms with Crippen molar-refractivity contribution in [1.82, 2.24) is 15.5 Å². The largest absolute Gasteiger partial charge is 0.356 e. The number of hydrogen-bond donors (Lipinski definition) is 2. The molecular weight excluding hydrogens is 292 g/mol. The van der Waals surface area contributed by atoms with E-state index in [0.717, 1.165) is 31.6 Å². The predicted octanol–water partition coefficient (Wildman–Crippen LogP) is 2.89. The van der Waals surface area contributed by atoms with E-state index in [-0.39, 0.29) is 0 Å². The lowest BCUT2D eigenvalue weighted by Gasteiger charge is -2.33. The fourth-order valence-corrected chi connectivity index (χ4v) is 3.73. The van der Waals surface area contributed by atoms with E-state index in [0.29, 0.717) is 5.92 Å². The van der Waals surface area contributed by atoms with Crippen LogP contribution in [0.3, 0.4) is 0 Å². The van der Waals surface area contributed by atoms with Gasteiger partial charge in [-0.1, -0.05) is 13.3 Å². The van der Waals surface area contributed by atoms with Gasteiger partial charge in [-0.15, -0.1) is 0 Å². The van der Waals surface area contributed by atoms with E-state index >= 15 is 0 Å². The maximum atomic E-state index is 4.32. The summed E-state index contributed by atoms with van der Waals surface area (Å²) in [5.74, 6) is 1.42. The van der Waals surface area contributed by atoms with E-state index in [2.05, 4.69) is 51.2 Å². The standard InChI is InChI=1S/C17H30N4S/c1-14(16-7-11-22-13-16)12-20-17(18-3)19-8-10-21-9-5-4-6-15(21)2/h7,11,13-15H,4-6,8-10,12H2,1-3H3,(H2,18,19,20). The Morgan fingerprint density at radius 2 is 2.32 bits per heavy atom. The molecule has 0 bridgehead atoms. The van der Waals surface area contributed by atoms with Crippen LogP contribution in [0.25, 0.3) is 0 Å². The van der Waals surface area contributed by atoms with Crippen LogP contribution >= 0.6 is 11.3 Å². The SMILES string of the molecule is CN=C(NCCN1CCCCC1C)NCC(C)c1ccsc1. The molecule has 1 aromatic heterocycles. The molecular formula is C17H30N4S. The van der Waals surface area contributed by atoms with Crippen LogP contribution in [0, 0.1) is 0 Å². The number of nitrogens with one attached hydrogen (secondary N) is 2. The fraction of sp³-hybridized carbons (Fsp3) is 0.706. The Morgan fingerprint density at radius 3 is 3.00 bits per heavy atom. The summed E-state index contributed by atoms with van der Waals surface area (Å²) in [6.07, 6.45) is 4.06. The number of nitrogens with zero attached hydrogens (tertiary/aromatic N) is 2. The van der Waals surface area contributed by atoms with Gasteiger partial charge in [-0.3, -0.25) is 9.89 Å². The summed E-state index contributed by atoms with van der Waals surface area (Å²) in [6.45, 7) is 8.80. The first kappa shape index (κ1) is 17.3. The van der Waals surface area contributed by atoms with E-state index < -0.39 is 0 Å². The summed E-state index contributed by atoms with van der Waals surface area (Å²) in [4.78, 5) is 6.90. The average molecular weight is 323 g/mol. The van der Waals surface area contributed by atoms with Crippen LogP contribution in [0.15, 0.2) is 21.8 Å². The molecule has 0 aliphatic carbocycles. The highest BCUT2D eigenvalue weighted by Gasteiger charge is 2.17. The molecule has 1 saturated heterocycles. The lowest BCUT2D eigenvalue weighted by molar-refractivity contribution is 0.163. The van der Waals surface area contributed by atoms with E-state index in [1.807, 2.05) is 7.05 Å². The van der Waals surface area contributed by atoms with Crippen LogP contribution in [0.4, 0.5) is 0 Å². The number of likely N-dealkylation sites (tertiary alicyclic amines) is 1. The lowest BCUT2D eigenvalue weighted by Crippen LogP contribution is -2.45. The quantitative estimate of drug-likeness (QED) is 0.625. The predicted molar refractivity (Wildman–Crippen MR) is 97.0 cm³/mol. The third kappa shape index (κ3) is 5.29. The first-order valence-corrected chi connectivity index (χ1v) is 9.35. The zero-order chi connectivity index (χ0) is 15.8. The summed E-state index contributed by atoms with van der Waals surface area (Å²) >= 11 is 1.76. The Kier molecular flexibility index (Phi) is 7.19. The maximum Gasteiger partial charge on any atom is 0.191 e. The van der Waals surface area contributed by atoms with Gasteiger partial charge in [0, 0.05) is 32.7 Å². The first-order chi connectivity index (χ1) is 10.7. The zero-order valence-electron chi connectivity index (χ0n) is 14.1. The first-order valence-electron chi connectivity index (χ1n) is 8.41. The Bertz CT molecular complexity index is 444. The van der Waals surface area contributed by atoms with Gasteiger partial charge in [0.2, 0.25) is 0 Å². The second-order valence-corrected chi connectivity index (χ2v) is 7.00. The van der Waals surface area contributed by atoms with Crippen molar-refractivity contribution in [2.45, 2.75) is 45.1 Å². The van der Waals surface area contributed by atoms with E-state index in [4.69, 9.17) is 0 Å². The molecule has 4 nitrogen and oxygen atoms in total. The summed E-state index contributed by atoms with van der Waals surface area (Å²) < 4.78 is 0. The Hall–Kier alpha value is -1.07. The van der Waals surface area contributed by atoms with E-state index in [1.54, 1.807) is 11.3 Å². The minimum atomic E-state index is 0.506. The molecule has 2 atom stereocenters. The molecule has 1 fully saturated rings. The minimum Gasteiger partial charge on any atom is -0.356 e. The average Bonchev–Trinajstić information content (AvgIpc) is 3.06. The van der Waals surface area contributed by atoms with Crippen molar-refractivity contribution < 1.29 is 0 Å². The van der Waals surface area contributed by atoms with Crippen molar-refractivity contribution in [2.24, 2.45) is 4.99 Å². The van der Waals surface area contributed by atoms with Crippen LogP contribution < -0.4 is 10.6 Å². The van der Waals surface area contributed by atoms with Crippen LogP contribution in [-0.2, 0) is 0 Å². The van der Waals surface area contributed by atoms with E-state index in [1.165, 1.54) is 31.4 Å². The molecule has 0 radical (unpaired) electrons.